The monoisotopic (exact) mass is 432 g/mol. The Morgan fingerprint density at radius 2 is 1.77 bits per heavy atom. The van der Waals surface area contributed by atoms with Crippen LogP contribution in [0.1, 0.15) is 51.3 Å². The number of allylic oxidation sites excluding steroid dienone is 1. The Morgan fingerprint density at radius 3 is 2.45 bits per heavy atom. The Balaban J connectivity index is 1.64. The first-order chi connectivity index (χ1) is 14.7. The number of hydrogen-bond acceptors (Lipinski definition) is 4. The van der Waals surface area contributed by atoms with Gasteiger partial charge in [0.1, 0.15) is 0 Å². The first kappa shape index (κ1) is 21.4. The smallest absolute Gasteiger partial charge is 0.293 e. The van der Waals surface area contributed by atoms with Crippen molar-refractivity contribution in [1.82, 2.24) is 4.90 Å². The zero-order valence-corrected chi connectivity index (χ0v) is 19.5. The van der Waals surface area contributed by atoms with Gasteiger partial charge in [0.25, 0.3) is 11.1 Å². The van der Waals surface area contributed by atoms with E-state index in [1.54, 1.807) is 0 Å². The van der Waals surface area contributed by atoms with Crippen LogP contribution in [-0.4, -0.2) is 27.6 Å². The minimum absolute atomic E-state index is 0.0626. The third-order valence-corrected chi connectivity index (χ3v) is 6.67. The molecule has 160 valence electrons. The van der Waals surface area contributed by atoms with E-state index >= 15 is 0 Å². The van der Waals surface area contributed by atoms with E-state index in [1.165, 1.54) is 21.7 Å². The summed E-state index contributed by atoms with van der Waals surface area (Å²) in [5.41, 5.74) is 5.41. The van der Waals surface area contributed by atoms with E-state index in [-0.39, 0.29) is 16.7 Å². The molecule has 0 aromatic heterocycles. The zero-order valence-electron chi connectivity index (χ0n) is 18.7. The van der Waals surface area contributed by atoms with Crippen molar-refractivity contribution < 1.29 is 9.59 Å². The molecule has 0 saturated carbocycles. The molecule has 31 heavy (non-hydrogen) atoms. The minimum Gasteiger partial charge on any atom is -0.360 e. The fourth-order valence-electron chi connectivity index (χ4n) is 4.65. The summed E-state index contributed by atoms with van der Waals surface area (Å²) in [6, 6.07) is 16.2. The highest BCUT2D eigenvalue weighted by atomic mass is 32.2. The summed E-state index contributed by atoms with van der Waals surface area (Å²) in [6.45, 7) is 11.3. The van der Waals surface area contributed by atoms with Gasteiger partial charge in [0.2, 0.25) is 0 Å². The van der Waals surface area contributed by atoms with E-state index in [2.05, 4.69) is 57.7 Å². The van der Waals surface area contributed by atoms with E-state index in [1.807, 2.05) is 42.5 Å². The number of carbonyl (C=O) groups excluding carboxylic acids is 2. The van der Waals surface area contributed by atoms with Crippen LogP contribution in [-0.2, 0) is 11.3 Å². The van der Waals surface area contributed by atoms with Crippen LogP contribution >= 0.6 is 11.8 Å². The van der Waals surface area contributed by atoms with Gasteiger partial charge in [0.15, 0.2) is 0 Å². The van der Waals surface area contributed by atoms with Crippen molar-refractivity contribution in [2.45, 2.75) is 52.7 Å². The van der Waals surface area contributed by atoms with Crippen LogP contribution in [0.2, 0.25) is 0 Å². The molecule has 0 bridgehead atoms. The SMILES string of the molecule is CC1=CC(C)(C)N(C(C)C)c2ccc(/C=C3\SC(=O)N(Cc4ccccc4)C3=O)cc21. The second-order valence-corrected chi connectivity index (χ2v) is 9.97. The third kappa shape index (κ3) is 4.07. The molecule has 0 radical (unpaired) electrons. The molecule has 2 aliphatic heterocycles. The van der Waals surface area contributed by atoms with Crippen molar-refractivity contribution in [3.8, 4) is 0 Å². The topological polar surface area (TPSA) is 40.6 Å². The molecule has 0 atom stereocenters. The maximum absolute atomic E-state index is 12.9. The number of carbonyl (C=O) groups is 2. The third-order valence-electron chi connectivity index (χ3n) is 5.77. The van der Waals surface area contributed by atoms with Gasteiger partial charge in [-0.05, 0) is 81.3 Å². The average Bonchev–Trinajstić information content (AvgIpc) is 2.95. The van der Waals surface area contributed by atoms with E-state index in [0.29, 0.717) is 17.5 Å². The predicted molar refractivity (Wildman–Crippen MR) is 130 cm³/mol. The number of nitrogens with zero attached hydrogens (tertiary/aromatic N) is 2. The molecule has 5 heteroatoms. The number of fused-ring (bicyclic) bond motifs is 1. The molecular weight excluding hydrogens is 404 g/mol. The van der Waals surface area contributed by atoms with Gasteiger partial charge >= 0.3 is 0 Å². The summed E-state index contributed by atoms with van der Waals surface area (Å²) in [7, 11) is 0. The van der Waals surface area contributed by atoms with E-state index in [4.69, 9.17) is 0 Å². The molecule has 0 aliphatic carbocycles. The highest BCUT2D eigenvalue weighted by Crippen LogP contribution is 2.41. The van der Waals surface area contributed by atoms with Crippen LogP contribution in [0.4, 0.5) is 10.5 Å². The van der Waals surface area contributed by atoms with Gasteiger partial charge in [-0.25, -0.2) is 0 Å². The molecule has 2 aromatic rings. The highest BCUT2D eigenvalue weighted by Gasteiger charge is 2.36. The maximum atomic E-state index is 12.9. The lowest BCUT2D eigenvalue weighted by molar-refractivity contribution is -0.123. The molecule has 0 N–H and O–H groups in total. The fourth-order valence-corrected chi connectivity index (χ4v) is 5.49. The van der Waals surface area contributed by atoms with Crippen LogP contribution < -0.4 is 4.90 Å². The number of anilines is 1. The second-order valence-electron chi connectivity index (χ2n) is 8.97. The molecule has 4 nitrogen and oxygen atoms in total. The largest absolute Gasteiger partial charge is 0.360 e. The molecule has 0 spiro atoms. The first-order valence-corrected chi connectivity index (χ1v) is 11.4. The van der Waals surface area contributed by atoms with Crippen LogP contribution in [0.3, 0.4) is 0 Å². The van der Waals surface area contributed by atoms with Crippen molar-refractivity contribution in [1.29, 1.82) is 0 Å². The lowest BCUT2D eigenvalue weighted by Crippen LogP contribution is -2.49. The molecule has 2 aliphatic rings. The van der Waals surface area contributed by atoms with Gasteiger partial charge in [-0.2, -0.15) is 0 Å². The zero-order chi connectivity index (χ0) is 22.3. The van der Waals surface area contributed by atoms with E-state index in [0.717, 1.165) is 22.9 Å². The number of amides is 2. The fraction of sp³-hybridized carbons (Fsp3) is 0.308. The summed E-state index contributed by atoms with van der Waals surface area (Å²) < 4.78 is 0. The van der Waals surface area contributed by atoms with Crippen molar-refractivity contribution in [3.63, 3.8) is 0 Å². The Morgan fingerprint density at radius 1 is 1.06 bits per heavy atom. The Bertz CT molecular complexity index is 1100. The number of hydrogen-bond donors (Lipinski definition) is 0. The van der Waals surface area contributed by atoms with Gasteiger partial charge in [0.05, 0.1) is 17.0 Å². The van der Waals surface area contributed by atoms with Crippen LogP contribution in [0.15, 0.2) is 59.5 Å². The molecule has 4 rings (SSSR count). The lowest BCUT2D eigenvalue weighted by Gasteiger charge is -2.46. The van der Waals surface area contributed by atoms with Crippen LogP contribution in [0.25, 0.3) is 11.6 Å². The first-order valence-electron chi connectivity index (χ1n) is 10.6. The number of thioether (sulfide) groups is 1. The average molecular weight is 433 g/mol. The van der Waals surface area contributed by atoms with Gasteiger partial charge in [-0.1, -0.05) is 42.5 Å². The summed E-state index contributed by atoms with van der Waals surface area (Å²) in [5, 5.41) is -0.220. The molecular formula is C26H28N2O2S. The molecule has 2 aromatic carbocycles. The maximum Gasteiger partial charge on any atom is 0.293 e. The van der Waals surface area contributed by atoms with Gasteiger partial charge in [-0.3, -0.25) is 14.5 Å². The van der Waals surface area contributed by atoms with E-state index in [9.17, 15) is 9.59 Å². The van der Waals surface area contributed by atoms with Gasteiger partial charge in [0, 0.05) is 17.3 Å². The summed E-state index contributed by atoms with van der Waals surface area (Å²) in [4.78, 5) is 29.6. The van der Waals surface area contributed by atoms with Crippen molar-refractivity contribution in [2.24, 2.45) is 0 Å². The number of rotatable bonds is 4. The van der Waals surface area contributed by atoms with Crippen LogP contribution in [0.5, 0.6) is 0 Å². The number of benzene rings is 2. The molecule has 2 heterocycles. The van der Waals surface area contributed by atoms with E-state index < -0.39 is 0 Å². The molecule has 1 saturated heterocycles. The minimum atomic E-state index is -0.228. The number of imide groups is 1. The standard InChI is InChI=1S/C26H28N2O2S/c1-17(2)28-22-12-11-20(13-21(22)18(3)15-26(28,4)5)14-23-24(29)27(25(30)31-23)16-19-9-7-6-8-10-19/h6-15,17H,16H2,1-5H3/b23-14-. The molecule has 0 unspecified atom stereocenters. The summed E-state index contributed by atoms with van der Waals surface area (Å²) in [6.07, 6.45) is 4.13. The Hall–Kier alpha value is -2.79. The molecule has 2 amide bonds. The van der Waals surface area contributed by atoms with Crippen molar-refractivity contribution in [3.05, 3.63) is 76.2 Å². The van der Waals surface area contributed by atoms with Gasteiger partial charge in [-0.15, -0.1) is 0 Å². The molecule has 1 fully saturated rings. The second kappa shape index (κ2) is 8.04. The van der Waals surface area contributed by atoms with Crippen molar-refractivity contribution >= 4 is 40.2 Å². The summed E-state index contributed by atoms with van der Waals surface area (Å²) >= 11 is 1.01. The predicted octanol–water partition coefficient (Wildman–Crippen LogP) is 6.33. The van der Waals surface area contributed by atoms with Crippen molar-refractivity contribution in [2.75, 3.05) is 4.90 Å². The quantitative estimate of drug-likeness (QED) is 0.529. The van der Waals surface area contributed by atoms with Crippen LogP contribution in [0, 0.1) is 0 Å². The lowest BCUT2D eigenvalue weighted by atomic mass is 9.87. The normalized spacial score (nSPS) is 19.3. The summed E-state index contributed by atoms with van der Waals surface area (Å²) in [5.74, 6) is -0.228. The Kier molecular flexibility index (Phi) is 5.56. The highest BCUT2D eigenvalue weighted by molar-refractivity contribution is 8.18. The Labute approximate surface area is 188 Å². The van der Waals surface area contributed by atoms with Gasteiger partial charge < -0.3 is 4.90 Å².